The summed E-state index contributed by atoms with van der Waals surface area (Å²) in [6, 6.07) is 10.2. The van der Waals surface area contributed by atoms with Crippen molar-refractivity contribution in [3.8, 4) is 5.75 Å². The number of hydrogen-bond donors (Lipinski definition) is 1. The van der Waals surface area contributed by atoms with Crippen LogP contribution in [-0.4, -0.2) is 43.4 Å². The molecule has 1 amide bonds. The second-order valence-electron chi connectivity index (χ2n) is 6.45. The summed E-state index contributed by atoms with van der Waals surface area (Å²) in [5, 5.41) is 4.60. The predicted octanol–water partition coefficient (Wildman–Crippen LogP) is 2.97. The van der Waals surface area contributed by atoms with Gasteiger partial charge in [-0.3, -0.25) is 9.59 Å². The molecule has 0 bridgehead atoms. The zero-order valence-corrected chi connectivity index (χ0v) is 17.1. The molecule has 1 aromatic carbocycles. The van der Waals surface area contributed by atoms with Crippen LogP contribution in [0.3, 0.4) is 0 Å². The summed E-state index contributed by atoms with van der Waals surface area (Å²) in [6.07, 6.45) is 0.875. The summed E-state index contributed by atoms with van der Waals surface area (Å²) in [6.45, 7) is 2.26. The van der Waals surface area contributed by atoms with Crippen LogP contribution in [0.4, 0.5) is 5.69 Å². The molecule has 9 heteroatoms. The van der Waals surface area contributed by atoms with E-state index in [1.165, 1.54) is 15.6 Å². The average molecular weight is 423 g/mol. The lowest BCUT2D eigenvalue weighted by Gasteiger charge is -2.29. The van der Waals surface area contributed by atoms with Gasteiger partial charge in [0.1, 0.15) is 5.75 Å². The van der Waals surface area contributed by atoms with Crippen molar-refractivity contribution in [3.05, 3.63) is 46.7 Å². The molecule has 1 aliphatic rings. The average Bonchev–Trinajstić information content (AvgIpc) is 3.23. The van der Waals surface area contributed by atoms with E-state index in [0.29, 0.717) is 42.2 Å². The van der Waals surface area contributed by atoms with Crippen molar-refractivity contribution >= 4 is 38.9 Å². The highest BCUT2D eigenvalue weighted by atomic mass is 32.2. The summed E-state index contributed by atoms with van der Waals surface area (Å²) in [4.78, 5) is 25.2. The number of anilines is 1. The van der Waals surface area contributed by atoms with Crippen LogP contribution in [0.5, 0.6) is 5.75 Å². The van der Waals surface area contributed by atoms with Crippen molar-refractivity contribution in [2.75, 3.05) is 24.2 Å². The van der Waals surface area contributed by atoms with Gasteiger partial charge in [0.2, 0.25) is 10.0 Å². The third-order valence-electron chi connectivity index (χ3n) is 4.60. The molecule has 0 saturated carbocycles. The lowest BCUT2D eigenvalue weighted by atomic mass is 9.98. The molecule has 0 unspecified atom stereocenters. The monoisotopic (exact) mass is 422 g/mol. The van der Waals surface area contributed by atoms with Crippen LogP contribution in [0, 0.1) is 5.92 Å². The van der Waals surface area contributed by atoms with Gasteiger partial charge >= 0.3 is 5.97 Å². The van der Waals surface area contributed by atoms with E-state index in [-0.39, 0.29) is 23.5 Å². The van der Waals surface area contributed by atoms with Gasteiger partial charge in [-0.15, -0.1) is 11.3 Å². The zero-order chi connectivity index (χ0) is 20.1. The van der Waals surface area contributed by atoms with Gasteiger partial charge in [0.25, 0.3) is 5.91 Å². The van der Waals surface area contributed by atoms with E-state index < -0.39 is 10.0 Å². The number of nitrogens with zero attached hydrogens (tertiary/aromatic N) is 1. The minimum atomic E-state index is -3.22. The Balaban J connectivity index is 1.57. The Labute approximate surface area is 168 Å². The second kappa shape index (κ2) is 8.85. The smallest absolute Gasteiger partial charge is 0.314 e. The second-order valence-corrected chi connectivity index (χ2v) is 9.66. The van der Waals surface area contributed by atoms with Crippen LogP contribution in [-0.2, 0) is 14.8 Å². The molecule has 1 saturated heterocycles. The summed E-state index contributed by atoms with van der Waals surface area (Å²) in [5.41, 5.74) is 0.535. The van der Waals surface area contributed by atoms with Crippen molar-refractivity contribution in [2.45, 2.75) is 19.8 Å². The molecule has 0 atom stereocenters. The summed E-state index contributed by atoms with van der Waals surface area (Å²) >= 11 is 1.34. The van der Waals surface area contributed by atoms with Crippen LogP contribution in [0.15, 0.2) is 41.8 Å². The number of thiophene rings is 1. The Bertz CT molecular complexity index is 933. The Hall–Kier alpha value is -2.23. The first kappa shape index (κ1) is 20.5. The quantitative estimate of drug-likeness (QED) is 0.571. The number of carbonyl (C=O) groups excluding carboxylic acids is 2. The number of sulfonamides is 1. The van der Waals surface area contributed by atoms with Crippen molar-refractivity contribution in [1.29, 1.82) is 0 Å². The van der Waals surface area contributed by atoms with Gasteiger partial charge in [-0.05, 0) is 43.3 Å². The Morgan fingerprint density at radius 3 is 2.61 bits per heavy atom. The van der Waals surface area contributed by atoms with Gasteiger partial charge in [0, 0.05) is 24.8 Å². The van der Waals surface area contributed by atoms with Gasteiger partial charge in [-0.1, -0.05) is 12.1 Å². The molecule has 2 aromatic rings. The number of carbonyl (C=O) groups is 2. The maximum absolute atomic E-state index is 12.4. The molecule has 150 valence electrons. The SMILES string of the molecule is CCS(=O)(=O)N1CCC(C(=O)Oc2cccc(NC(=O)c3cccs3)c2)CC1. The number of piperidine rings is 1. The molecule has 1 fully saturated rings. The summed E-state index contributed by atoms with van der Waals surface area (Å²) in [5.74, 6) is -0.532. The Morgan fingerprint density at radius 2 is 1.96 bits per heavy atom. The molecule has 1 aliphatic heterocycles. The Kier molecular flexibility index (Phi) is 6.48. The lowest BCUT2D eigenvalue weighted by molar-refractivity contribution is -0.140. The third kappa shape index (κ3) is 4.98. The molecule has 1 aromatic heterocycles. The first-order valence-electron chi connectivity index (χ1n) is 9.03. The molecule has 0 aliphatic carbocycles. The Morgan fingerprint density at radius 1 is 1.21 bits per heavy atom. The molecule has 7 nitrogen and oxygen atoms in total. The van der Waals surface area contributed by atoms with Crippen LogP contribution >= 0.6 is 11.3 Å². The van der Waals surface area contributed by atoms with Crippen molar-refractivity contribution in [2.24, 2.45) is 5.92 Å². The fourth-order valence-electron chi connectivity index (χ4n) is 2.99. The molecule has 3 rings (SSSR count). The minimum Gasteiger partial charge on any atom is -0.426 e. The fraction of sp³-hybridized carbons (Fsp3) is 0.368. The number of amides is 1. The van der Waals surface area contributed by atoms with E-state index in [1.807, 2.05) is 5.38 Å². The van der Waals surface area contributed by atoms with E-state index in [4.69, 9.17) is 4.74 Å². The van der Waals surface area contributed by atoms with Crippen molar-refractivity contribution in [1.82, 2.24) is 4.31 Å². The third-order valence-corrected chi connectivity index (χ3v) is 7.35. The molecule has 0 radical (unpaired) electrons. The van der Waals surface area contributed by atoms with Gasteiger partial charge in [-0.25, -0.2) is 12.7 Å². The zero-order valence-electron chi connectivity index (χ0n) is 15.5. The minimum absolute atomic E-state index is 0.0616. The predicted molar refractivity (Wildman–Crippen MR) is 108 cm³/mol. The number of hydrogen-bond acceptors (Lipinski definition) is 6. The van der Waals surface area contributed by atoms with Crippen LogP contribution in [0.2, 0.25) is 0 Å². The van der Waals surface area contributed by atoms with E-state index in [2.05, 4.69) is 5.32 Å². The molecule has 28 heavy (non-hydrogen) atoms. The normalized spacial score (nSPS) is 15.9. The maximum atomic E-state index is 12.4. The maximum Gasteiger partial charge on any atom is 0.314 e. The lowest BCUT2D eigenvalue weighted by Crippen LogP contribution is -2.41. The summed E-state index contributed by atoms with van der Waals surface area (Å²) < 4.78 is 30.7. The van der Waals surface area contributed by atoms with E-state index >= 15 is 0 Å². The molecular weight excluding hydrogens is 400 g/mol. The first-order valence-corrected chi connectivity index (χ1v) is 11.5. The standard InChI is InChI=1S/C19H22N2O5S2/c1-2-28(24,25)21-10-8-14(9-11-21)19(23)26-16-6-3-5-15(13-16)20-18(22)17-7-4-12-27-17/h3-7,12-14H,2,8-11H2,1H3,(H,20,22). The highest BCUT2D eigenvalue weighted by Gasteiger charge is 2.31. The molecule has 0 spiro atoms. The largest absolute Gasteiger partial charge is 0.426 e. The van der Waals surface area contributed by atoms with E-state index in [9.17, 15) is 18.0 Å². The van der Waals surface area contributed by atoms with E-state index in [1.54, 1.807) is 43.3 Å². The van der Waals surface area contributed by atoms with E-state index in [0.717, 1.165) is 0 Å². The topological polar surface area (TPSA) is 92.8 Å². The number of rotatable bonds is 6. The van der Waals surface area contributed by atoms with Crippen LogP contribution in [0.25, 0.3) is 0 Å². The van der Waals surface area contributed by atoms with Crippen molar-refractivity contribution in [3.63, 3.8) is 0 Å². The highest BCUT2D eigenvalue weighted by Crippen LogP contribution is 2.24. The number of nitrogens with one attached hydrogen (secondary N) is 1. The van der Waals surface area contributed by atoms with Crippen molar-refractivity contribution < 1.29 is 22.7 Å². The molecule has 1 N–H and O–H groups in total. The number of benzene rings is 1. The number of ether oxygens (including phenoxy) is 1. The van der Waals surface area contributed by atoms with Gasteiger partial charge in [0.15, 0.2) is 0 Å². The van der Waals surface area contributed by atoms with Gasteiger partial charge in [0.05, 0.1) is 16.5 Å². The van der Waals surface area contributed by atoms with Crippen LogP contribution in [0.1, 0.15) is 29.4 Å². The highest BCUT2D eigenvalue weighted by molar-refractivity contribution is 7.89. The first-order chi connectivity index (χ1) is 13.4. The van der Waals surface area contributed by atoms with Gasteiger partial charge in [-0.2, -0.15) is 0 Å². The molecule has 2 heterocycles. The number of esters is 1. The molecular formula is C19H22N2O5S2. The van der Waals surface area contributed by atoms with Crippen LogP contribution < -0.4 is 10.1 Å². The summed E-state index contributed by atoms with van der Waals surface area (Å²) in [7, 11) is -3.22. The van der Waals surface area contributed by atoms with Gasteiger partial charge < -0.3 is 10.1 Å². The fourth-order valence-corrected chi connectivity index (χ4v) is 4.74.